The van der Waals surface area contributed by atoms with E-state index in [-0.39, 0.29) is 5.69 Å². The van der Waals surface area contributed by atoms with Crippen LogP contribution in [0, 0.1) is 17.0 Å². The number of rotatable bonds is 3. The summed E-state index contributed by atoms with van der Waals surface area (Å²) in [6.07, 6.45) is 0. The van der Waals surface area contributed by atoms with E-state index < -0.39 is 11.0 Å². The summed E-state index contributed by atoms with van der Waals surface area (Å²) in [4.78, 5) is 10.4. The van der Waals surface area contributed by atoms with Gasteiger partial charge < -0.3 is 5.73 Å². The molecule has 0 aliphatic carbocycles. The molecule has 4 nitrogen and oxygen atoms in total. The standard InChI is InChI=1S/C14H13ClN2O2/c1-9-6-11(8-13(7-9)17(18)19)14(16)10-2-4-12(15)5-3-10/h2-8,14H,16H2,1H3. The third-order valence-electron chi connectivity index (χ3n) is 2.88. The largest absolute Gasteiger partial charge is 0.320 e. The number of hydrogen-bond acceptors (Lipinski definition) is 3. The van der Waals surface area contributed by atoms with Gasteiger partial charge in [0.1, 0.15) is 0 Å². The van der Waals surface area contributed by atoms with Crippen molar-refractivity contribution in [3.63, 3.8) is 0 Å². The summed E-state index contributed by atoms with van der Waals surface area (Å²) in [6.45, 7) is 1.81. The van der Waals surface area contributed by atoms with Crippen LogP contribution in [0.2, 0.25) is 5.02 Å². The van der Waals surface area contributed by atoms with E-state index in [0.29, 0.717) is 10.6 Å². The zero-order valence-corrected chi connectivity index (χ0v) is 11.1. The maximum Gasteiger partial charge on any atom is 0.270 e. The van der Waals surface area contributed by atoms with E-state index in [1.807, 2.05) is 25.1 Å². The summed E-state index contributed by atoms with van der Waals surface area (Å²) in [5, 5.41) is 11.5. The first-order valence-corrected chi connectivity index (χ1v) is 6.12. The first-order chi connectivity index (χ1) is 8.97. The van der Waals surface area contributed by atoms with Gasteiger partial charge in [0.05, 0.1) is 11.0 Å². The van der Waals surface area contributed by atoms with Crippen molar-refractivity contribution in [3.05, 3.63) is 74.3 Å². The van der Waals surface area contributed by atoms with Crippen LogP contribution < -0.4 is 5.73 Å². The van der Waals surface area contributed by atoms with Crippen LogP contribution in [0.5, 0.6) is 0 Å². The van der Waals surface area contributed by atoms with E-state index in [2.05, 4.69) is 0 Å². The van der Waals surface area contributed by atoms with Gasteiger partial charge >= 0.3 is 0 Å². The molecule has 0 radical (unpaired) electrons. The van der Waals surface area contributed by atoms with Crippen molar-refractivity contribution in [2.75, 3.05) is 0 Å². The molecule has 0 saturated heterocycles. The smallest absolute Gasteiger partial charge is 0.270 e. The van der Waals surface area contributed by atoms with Crippen LogP contribution in [0.1, 0.15) is 22.7 Å². The highest BCUT2D eigenvalue weighted by Gasteiger charge is 2.14. The molecule has 98 valence electrons. The quantitative estimate of drug-likeness (QED) is 0.688. The van der Waals surface area contributed by atoms with Crippen molar-refractivity contribution in [2.24, 2.45) is 5.73 Å². The van der Waals surface area contributed by atoms with Crippen LogP contribution in [0.15, 0.2) is 42.5 Å². The molecular weight excluding hydrogens is 264 g/mol. The minimum atomic E-state index is -0.412. The fourth-order valence-electron chi connectivity index (χ4n) is 1.94. The lowest BCUT2D eigenvalue weighted by Gasteiger charge is -2.13. The van der Waals surface area contributed by atoms with Crippen molar-refractivity contribution in [2.45, 2.75) is 13.0 Å². The molecule has 5 heteroatoms. The summed E-state index contributed by atoms with van der Waals surface area (Å²) < 4.78 is 0. The van der Waals surface area contributed by atoms with Crippen LogP contribution >= 0.6 is 11.6 Å². The highest BCUT2D eigenvalue weighted by atomic mass is 35.5. The number of nitro groups is 1. The predicted molar refractivity (Wildman–Crippen MR) is 75.3 cm³/mol. The second-order valence-electron chi connectivity index (χ2n) is 4.39. The van der Waals surface area contributed by atoms with Crippen molar-refractivity contribution in [1.29, 1.82) is 0 Å². The van der Waals surface area contributed by atoms with Crippen LogP contribution in [0.4, 0.5) is 5.69 Å². The molecule has 0 saturated carbocycles. The molecule has 0 aromatic heterocycles. The van der Waals surface area contributed by atoms with Gasteiger partial charge in [-0.1, -0.05) is 29.8 Å². The molecule has 0 aliphatic heterocycles. The number of benzene rings is 2. The Morgan fingerprint density at radius 1 is 1.16 bits per heavy atom. The van der Waals surface area contributed by atoms with Gasteiger partial charge in [0.2, 0.25) is 0 Å². The van der Waals surface area contributed by atoms with E-state index in [1.165, 1.54) is 12.1 Å². The fraction of sp³-hybridized carbons (Fsp3) is 0.143. The van der Waals surface area contributed by atoms with Crippen LogP contribution in [0.3, 0.4) is 0 Å². The molecule has 2 aromatic carbocycles. The number of non-ortho nitro benzene ring substituents is 1. The Labute approximate surface area is 116 Å². The van der Waals surface area contributed by atoms with Gasteiger partial charge in [-0.25, -0.2) is 0 Å². The second kappa shape index (κ2) is 5.38. The Kier molecular flexibility index (Phi) is 3.83. The third kappa shape index (κ3) is 3.10. The van der Waals surface area contributed by atoms with E-state index >= 15 is 0 Å². The lowest BCUT2D eigenvalue weighted by atomic mass is 9.97. The summed E-state index contributed by atoms with van der Waals surface area (Å²) in [7, 11) is 0. The molecule has 0 spiro atoms. The Morgan fingerprint density at radius 2 is 1.79 bits per heavy atom. The highest BCUT2D eigenvalue weighted by Crippen LogP contribution is 2.25. The zero-order chi connectivity index (χ0) is 14.0. The van der Waals surface area contributed by atoms with Crippen LogP contribution in [0.25, 0.3) is 0 Å². The van der Waals surface area contributed by atoms with Crippen LogP contribution in [-0.2, 0) is 0 Å². The normalized spacial score (nSPS) is 12.2. The molecule has 2 aromatic rings. The number of halogens is 1. The van der Waals surface area contributed by atoms with Gasteiger partial charge in [-0.15, -0.1) is 0 Å². The minimum Gasteiger partial charge on any atom is -0.320 e. The van der Waals surface area contributed by atoms with Crippen molar-refractivity contribution in [1.82, 2.24) is 0 Å². The Morgan fingerprint density at radius 3 is 2.37 bits per heavy atom. The highest BCUT2D eigenvalue weighted by molar-refractivity contribution is 6.30. The number of nitrogens with zero attached hydrogens (tertiary/aromatic N) is 1. The maximum absolute atomic E-state index is 10.9. The average molecular weight is 277 g/mol. The molecule has 1 unspecified atom stereocenters. The lowest BCUT2D eigenvalue weighted by molar-refractivity contribution is -0.385. The summed E-state index contributed by atoms with van der Waals surface area (Å²) in [5.41, 5.74) is 8.59. The lowest BCUT2D eigenvalue weighted by Crippen LogP contribution is -2.12. The van der Waals surface area contributed by atoms with Gasteiger partial charge in [0.15, 0.2) is 0 Å². The topological polar surface area (TPSA) is 69.2 Å². The Balaban J connectivity index is 2.40. The summed E-state index contributed by atoms with van der Waals surface area (Å²) in [5.74, 6) is 0. The van der Waals surface area contributed by atoms with Gasteiger partial charge in [0, 0.05) is 17.2 Å². The van der Waals surface area contributed by atoms with Gasteiger partial charge in [-0.3, -0.25) is 10.1 Å². The predicted octanol–water partition coefficient (Wildman–Crippen LogP) is 3.60. The summed E-state index contributed by atoms with van der Waals surface area (Å²) in [6, 6.07) is 11.6. The molecule has 2 N–H and O–H groups in total. The first-order valence-electron chi connectivity index (χ1n) is 5.74. The maximum atomic E-state index is 10.9. The van der Waals surface area contributed by atoms with E-state index in [1.54, 1.807) is 12.1 Å². The van der Waals surface area contributed by atoms with Gasteiger partial charge in [-0.2, -0.15) is 0 Å². The van der Waals surface area contributed by atoms with Crippen molar-refractivity contribution < 1.29 is 4.92 Å². The second-order valence-corrected chi connectivity index (χ2v) is 4.82. The Hall–Kier alpha value is -1.91. The van der Waals surface area contributed by atoms with Crippen molar-refractivity contribution >= 4 is 17.3 Å². The SMILES string of the molecule is Cc1cc(C(N)c2ccc(Cl)cc2)cc([N+](=O)[O-])c1. The number of aryl methyl sites for hydroxylation is 1. The zero-order valence-electron chi connectivity index (χ0n) is 10.3. The molecule has 0 heterocycles. The average Bonchev–Trinajstić information content (AvgIpc) is 2.38. The van der Waals surface area contributed by atoms with Gasteiger partial charge in [-0.05, 0) is 35.7 Å². The van der Waals surface area contributed by atoms with Crippen molar-refractivity contribution in [3.8, 4) is 0 Å². The van der Waals surface area contributed by atoms with E-state index in [9.17, 15) is 10.1 Å². The molecule has 0 aliphatic rings. The molecule has 1 atom stereocenters. The molecule has 0 bridgehead atoms. The molecule has 0 amide bonds. The minimum absolute atomic E-state index is 0.0550. The summed E-state index contributed by atoms with van der Waals surface area (Å²) >= 11 is 5.82. The third-order valence-corrected chi connectivity index (χ3v) is 3.14. The van der Waals surface area contributed by atoms with Gasteiger partial charge in [0.25, 0.3) is 5.69 Å². The first kappa shape index (κ1) is 13.5. The molecular formula is C14H13ClN2O2. The molecule has 2 rings (SSSR count). The Bertz CT molecular complexity index is 611. The monoisotopic (exact) mass is 276 g/mol. The molecule has 19 heavy (non-hydrogen) atoms. The van der Waals surface area contributed by atoms with E-state index in [0.717, 1.165) is 11.1 Å². The fourth-order valence-corrected chi connectivity index (χ4v) is 2.07. The number of hydrogen-bond donors (Lipinski definition) is 1. The van der Waals surface area contributed by atoms with E-state index in [4.69, 9.17) is 17.3 Å². The number of nitro benzene ring substituents is 1. The number of nitrogens with two attached hydrogens (primary N) is 1. The van der Waals surface area contributed by atoms with Crippen LogP contribution in [-0.4, -0.2) is 4.92 Å². The molecule has 0 fully saturated rings.